The summed E-state index contributed by atoms with van der Waals surface area (Å²) in [6.45, 7) is 2.61. The molecule has 144 valence electrons. The minimum atomic E-state index is -0.529. The zero-order valence-electron chi connectivity index (χ0n) is 15.1. The quantitative estimate of drug-likeness (QED) is 0.414. The molecule has 0 radical (unpaired) electrons. The molecule has 1 saturated heterocycles. The van der Waals surface area contributed by atoms with E-state index in [9.17, 15) is 4.79 Å². The second kappa shape index (κ2) is 9.18. The van der Waals surface area contributed by atoms with Crippen LogP contribution in [0.25, 0.3) is 0 Å². The molecule has 3 rings (SSSR count). The van der Waals surface area contributed by atoms with Gasteiger partial charge >= 0.3 is 5.97 Å². The number of nitrogens with one attached hydrogen (secondary N) is 1. The smallest absolute Gasteiger partial charge is 0.374 e. The van der Waals surface area contributed by atoms with Gasteiger partial charge in [0.05, 0.1) is 11.8 Å². The number of esters is 1. The number of likely N-dealkylation sites (tertiary alicyclic amines) is 1. The largest absolute Gasteiger partial charge is 0.473 e. The van der Waals surface area contributed by atoms with Gasteiger partial charge in [0.15, 0.2) is 0 Å². The summed E-state index contributed by atoms with van der Waals surface area (Å²) in [6.07, 6.45) is 5.99. The second-order valence-corrected chi connectivity index (χ2v) is 6.45. The molecule has 1 unspecified atom stereocenters. The van der Waals surface area contributed by atoms with Gasteiger partial charge in [-0.2, -0.15) is 0 Å². The van der Waals surface area contributed by atoms with Gasteiger partial charge in [0.1, 0.15) is 18.5 Å². The highest BCUT2D eigenvalue weighted by Gasteiger charge is 2.23. The van der Waals surface area contributed by atoms with E-state index < -0.39 is 12.1 Å². The number of piperidine rings is 1. The highest BCUT2D eigenvalue weighted by atomic mass is 16.6. The molecular weight excluding hydrogens is 348 g/mol. The Morgan fingerprint density at radius 2 is 2.11 bits per heavy atom. The van der Waals surface area contributed by atoms with Gasteiger partial charge in [-0.1, -0.05) is 6.42 Å². The number of nitrogen functional groups attached to an aromatic ring is 1. The summed E-state index contributed by atoms with van der Waals surface area (Å²) < 4.78 is 16.5. The number of pyridine rings is 1. The Balaban J connectivity index is 1.67. The van der Waals surface area contributed by atoms with E-state index in [0.717, 1.165) is 25.9 Å². The zero-order chi connectivity index (χ0) is 19.1. The Morgan fingerprint density at radius 1 is 1.30 bits per heavy atom. The van der Waals surface area contributed by atoms with Crippen molar-refractivity contribution in [3.8, 4) is 5.88 Å². The molecule has 0 amide bonds. The minimum absolute atomic E-state index is 0.111. The predicted octanol–water partition coefficient (Wildman–Crippen LogP) is 2.05. The highest BCUT2D eigenvalue weighted by molar-refractivity contribution is 5.97. The molecule has 0 aromatic carbocycles. The van der Waals surface area contributed by atoms with Crippen LogP contribution in [-0.2, 0) is 4.74 Å². The third kappa shape index (κ3) is 5.30. The predicted molar refractivity (Wildman–Crippen MR) is 99.0 cm³/mol. The Hall–Kier alpha value is -2.87. The molecule has 1 fully saturated rings. The molecule has 27 heavy (non-hydrogen) atoms. The van der Waals surface area contributed by atoms with Crippen LogP contribution in [0, 0.1) is 5.41 Å². The van der Waals surface area contributed by atoms with Gasteiger partial charge in [-0.15, -0.1) is 0 Å². The molecule has 1 aliphatic rings. The lowest BCUT2D eigenvalue weighted by Crippen LogP contribution is -2.41. The van der Waals surface area contributed by atoms with Crippen molar-refractivity contribution in [2.24, 2.45) is 5.73 Å². The summed E-state index contributed by atoms with van der Waals surface area (Å²) in [4.78, 5) is 18.7. The lowest BCUT2D eigenvalue weighted by Gasteiger charge is -2.30. The number of ether oxygens (including phenoxy) is 2. The molecule has 2 aromatic heterocycles. The first-order valence-electron chi connectivity index (χ1n) is 9.02. The van der Waals surface area contributed by atoms with Gasteiger partial charge in [0, 0.05) is 12.7 Å². The average Bonchev–Trinajstić information content (AvgIpc) is 3.22. The van der Waals surface area contributed by atoms with E-state index in [-0.39, 0.29) is 24.1 Å². The maximum atomic E-state index is 12.3. The Bertz CT molecular complexity index is 757. The topological polar surface area (TPSA) is 115 Å². The van der Waals surface area contributed by atoms with Crippen LogP contribution in [0.1, 0.15) is 35.4 Å². The Labute approximate surface area is 157 Å². The van der Waals surface area contributed by atoms with E-state index in [1.165, 1.54) is 12.7 Å². The summed E-state index contributed by atoms with van der Waals surface area (Å²) >= 11 is 0. The first-order chi connectivity index (χ1) is 13.1. The molecule has 1 atom stereocenters. The number of rotatable bonds is 8. The molecule has 0 saturated carbocycles. The fraction of sp³-hybridized carbons (Fsp3) is 0.421. The number of hydrogen-bond acceptors (Lipinski definition) is 7. The molecule has 0 aliphatic carbocycles. The van der Waals surface area contributed by atoms with Crippen LogP contribution in [0.4, 0.5) is 0 Å². The summed E-state index contributed by atoms with van der Waals surface area (Å²) in [5.41, 5.74) is 5.98. The third-order valence-electron chi connectivity index (χ3n) is 4.37. The Kier molecular flexibility index (Phi) is 6.43. The third-order valence-corrected chi connectivity index (χ3v) is 4.37. The van der Waals surface area contributed by atoms with Crippen LogP contribution in [0.2, 0.25) is 0 Å². The first kappa shape index (κ1) is 18.9. The van der Waals surface area contributed by atoms with Gasteiger partial charge in [-0.3, -0.25) is 10.3 Å². The maximum absolute atomic E-state index is 12.3. The zero-order valence-corrected chi connectivity index (χ0v) is 15.1. The average molecular weight is 372 g/mol. The summed E-state index contributed by atoms with van der Waals surface area (Å²) in [6, 6.07) is 6.55. The van der Waals surface area contributed by atoms with Gasteiger partial charge in [0.2, 0.25) is 11.6 Å². The van der Waals surface area contributed by atoms with E-state index in [2.05, 4.69) is 9.88 Å². The summed E-state index contributed by atoms with van der Waals surface area (Å²) in [5, 5.41) is 7.63. The Morgan fingerprint density at radius 3 is 2.81 bits per heavy atom. The van der Waals surface area contributed by atoms with Gasteiger partial charge < -0.3 is 19.6 Å². The van der Waals surface area contributed by atoms with E-state index in [4.69, 9.17) is 25.0 Å². The molecular formula is C19H24N4O4. The molecule has 0 spiro atoms. The van der Waals surface area contributed by atoms with Crippen LogP contribution < -0.4 is 10.5 Å². The van der Waals surface area contributed by atoms with Gasteiger partial charge in [-0.05, 0) is 50.2 Å². The molecule has 0 bridgehead atoms. The fourth-order valence-corrected chi connectivity index (χ4v) is 3.04. The van der Waals surface area contributed by atoms with Gasteiger partial charge in [0.25, 0.3) is 0 Å². The van der Waals surface area contributed by atoms with E-state index in [0.29, 0.717) is 12.1 Å². The van der Waals surface area contributed by atoms with Crippen molar-refractivity contribution in [2.45, 2.75) is 25.4 Å². The lowest BCUT2D eigenvalue weighted by atomic mass is 10.1. The normalized spacial score (nSPS) is 15.9. The number of nitrogens with zero attached hydrogens (tertiary/aromatic N) is 2. The lowest BCUT2D eigenvalue weighted by molar-refractivity contribution is 0.000551. The number of carbonyl (C=O) groups excluding carboxylic acids is 1. The van der Waals surface area contributed by atoms with E-state index in [1.54, 1.807) is 30.5 Å². The maximum Gasteiger partial charge on any atom is 0.374 e. The second-order valence-electron chi connectivity index (χ2n) is 6.45. The number of amidine groups is 1. The van der Waals surface area contributed by atoms with Crippen molar-refractivity contribution >= 4 is 11.8 Å². The molecule has 1 aliphatic heterocycles. The van der Waals surface area contributed by atoms with E-state index >= 15 is 0 Å². The fourth-order valence-electron chi connectivity index (χ4n) is 3.04. The number of nitrogens with two attached hydrogens (primary N) is 1. The van der Waals surface area contributed by atoms with Crippen molar-refractivity contribution < 1.29 is 18.7 Å². The van der Waals surface area contributed by atoms with Crippen molar-refractivity contribution in [3.63, 3.8) is 0 Å². The first-order valence-corrected chi connectivity index (χ1v) is 9.02. The van der Waals surface area contributed by atoms with Crippen LogP contribution >= 0.6 is 0 Å². The number of furan rings is 1. The minimum Gasteiger partial charge on any atom is -0.473 e. The molecule has 8 heteroatoms. The van der Waals surface area contributed by atoms with Crippen LogP contribution in [0.3, 0.4) is 0 Å². The molecule has 3 N–H and O–H groups in total. The van der Waals surface area contributed by atoms with Crippen molar-refractivity contribution in [1.82, 2.24) is 9.88 Å². The standard InChI is InChI=1S/C19H24N4O4/c20-17(21)15-6-4-8-22-18(15)26-13-14(12-23-9-2-1-3-10-23)27-19(24)16-7-5-11-25-16/h4-8,11,14H,1-3,9-10,12-13H2,(H3,20,21). The molecule has 2 aromatic rings. The van der Waals surface area contributed by atoms with Crippen molar-refractivity contribution in [2.75, 3.05) is 26.2 Å². The van der Waals surface area contributed by atoms with Crippen molar-refractivity contribution in [3.05, 3.63) is 48.0 Å². The molecule has 3 heterocycles. The molecule has 8 nitrogen and oxygen atoms in total. The SMILES string of the molecule is N=C(N)c1cccnc1OCC(CN1CCCCC1)OC(=O)c1ccco1. The number of carbonyl (C=O) groups is 1. The number of hydrogen-bond donors (Lipinski definition) is 2. The van der Waals surface area contributed by atoms with E-state index in [1.807, 2.05) is 0 Å². The monoisotopic (exact) mass is 372 g/mol. The summed E-state index contributed by atoms with van der Waals surface area (Å²) in [5.74, 6) is -0.250. The van der Waals surface area contributed by atoms with Crippen LogP contribution in [-0.4, -0.2) is 54.0 Å². The highest BCUT2D eigenvalue weighted by Crippen LogP contribution is 2.16. The van der Waals surface area contributed by atoms with Crippen molar-refractivity contribution in [1.29, 1.82) is 5.41 Å². The summed E-state index contributed by atoms with van der Waals surface area (Å²) in [7, 11) is 0. The van der Waals surface area contributed by atoms with Crippen LogP contribution in [0.5, 0.6) is 5.88 Å². The van der Waals surface area contributed by atoms with Crippen LogP contribution in [0.15, 0.2) is 41.1 Å². The van der Waals surface area contributed by atoms with Gasteiger partial charge in [-0.25, -0.2) is 9.78 Å². The number of aromatic nitrogens is 1.